The van der Waals surface area contributed by atoms with Crippen LogP contribution in [0.15, 0.2) is 24.3 Å². The van der Waals surface area contributed by atoms with E-state index in [0.29, 0.717) is 0 Å². The molecule has 0 fully saturated rings. The predicted molar refractivity (Wildman–Crippen MR) is 65.7 cm³/mol. The molecule has 1 aromatic rings. The quantitative estimate of drug-likeness (QED) is 0.654. The Morgan fingerprint density at radius 2 is 1.67 bits per heavy atom. The summed E-state index contributed by atoms with van der Waals surface area (Å²) in [6.45, 7) is 2.96. The first-order valence-corrected chi connectivity index (χ1v) is 5.38. The summed E-state index contributed by atoms with van der Waals surface area (Å²) in [7, 11) is 0. The maximum atomic E-state index is 11.9. The van der Waals surface area contributed by atoms with E-state index in [1.54, 1.807) is 19.1 Å². The predicted octanol–water partition coefficient (Wildman–Crippen LogP) is -0.00260. The summed E-state index contributed by atoms with van der Waals surface area (Å²) in [4.78, 5) is 33.9. The third-order valence-electron chi connectivity index (χ3n) is 2.20. The van der Waals surface area contributed by atoms with Gasteiger partial charge in [-0.05, 0) is 19.1 Å². The molecule has 1 atom stereocenters. The van der Waals surface area contributed by atoms with E-state index < -0.39 is 18.0 Å². The Morgan fingerprint density at radius 1 is 1.11 bits per heavy atom. The van der Waals surface area contributed by atoms with Gasteiger partial charge in [-0.3, -0.25) is 14.4 Å². The molecule has 1 aromatic carbocycles. The second-order valence-corrected chi connectivity index (χ2v) is 3.81. The van der Waals surface area contributed by atoms with Crippen LogP contribution in [0.1, 0.15) is 34.6 Å². The molecule has 0 saturated heterocycles. The third kappa shape index (κ3) is 3.58. The standard InChI is InChI=1S/C12H15N3O3/c1-7(14-8(2)16)15-12(18)10-6-4-3-5-9(10)11(13)17/h3-7H,1-2H3,(H2,13,17)(H,14,16)(H,15,18). The molecule has 0 aliphatic heterocycles. The molecular formula is C12H15N3O3. The highest BCUT2D eigenvalue weighted by molar-refractivity contribution is 6.06. The lowest BCUT2D eigenvalue weighted by Crippen LogP contribution is -2.45. The van der Waals surface area contributed by atoms with Gasteiger partial charge in [0.1, 0.15) is 0 Å². The summed E-state index contributed by atoms with van der Waals surface area (Å²) in [5, 5.41) is 5.05. The minimum Gasteiger partial charge on any atom is -0.366 e. The van der Waals surface area contributed by atoms with Gasteiger partial charge in [0, 0.05) is 6.92 Å². The average Bonchev–Trinajstić information content (AvgIpc) is 2.27. The molecule has 6 nitrogen and oxygen atoms in total. The number of amides is 3. The van der Waals surface area contributed by atoms with Crippen LogP contribution < -0.4 is 16.4 Å². The zero-order chi connectivity index (χ0) is 13.7. The number of hydrogen-bond donors (Lipinski definition) is 3. The van der Waals surface area contributed by atoms with E-state index in [1.807, 2.05) is 0 Å². The van der Waals surface area contributed by atoms with Crippen LogP contribution >= 0.6 is 0 Å². The van der Waals surface area contributed by atoms with Crippen molar-refractivity contribution < 1.29 is 14.4 Å². The van der Waals surface area contributed by atoms with Crippen molar-refractivity contribution in [2.45, 2.75) is 20.0 Å². The van der Waals surface area contributed by atoms with Gasteiger partial charge in [-0.25, -0.2) is 0 Å². The number of benzene rings is 1. The molecule has 3 amide bonds. The Balaban J connectivity index is 2.84. The number of carbonyl (C=O) groups excluding carboxylic acids is 3. The first-order valence-electron chi connectivity index (χ1n) is 5.38. The number of nitrogens with one attached hydrogen (secondary N) is 2. The number of nitrogens with two attached hydrogens (primary N) is 1. The summed E-state index contributed by atoms with van der Waals surface area (Å²) in [6.07, 6.45) is -0.532. The molecule has 1 unspecified atom stereocenters. The second-order valence-electron chi connectivity index (χ2n) is 3.81. The van der Waals surface area contributed by atoms with Crippen molar-refractivity contribution in [3.8, 4) is 0 Å². The van der Waals surface area contributed by atoms with E-state index in [2.05, 4.69) is 10.6 Å². The van der Waals surface area contributed by atoms with Crippen molar-refractivity contribution in [1.29, 1.82) is 0 Å². The SMILES string of the molecule is CC(=O)NC(C)NC(=O)c1ccccc1C(N)=O. The highest BCUT2D eigenvalue weighted by atomic mass is 16.2. The molecule has 0 spiro atoms. The zero-order valence-corrected chi connectivity index (χ0v) is 10.2. The monoisotopic (exact) mass is 249 g/mol. The normalized spacial score (nSPS) is 11.4. The largest absolute Gasteiger partial charge is 0.366 e. The van der Waals surface area contributed by atoms with Crippen LogP contribution in [0.5, 0.6) is 0 Å². The third-order valence-corrected chi connectivity index (χ3v) is 2.20. The highest BCUT2D eigenvalue weighted by Gasteiger charge is 2.16. The van der Waals surface area contributed by atoms with Crippen LogP contribution in [-0.2, 0) is 4.79 Å². The highest BCUT2D eigenvalue weighted by Crippen LogP contribution is 2.07. The molecule has 96 valence electrons. The minimum atomic E-state index is -0.673. The molecule has 0 saturated carbocycles. The van der Waals surface area contributed by atoms with Crippen LogP contribution in [0.4, 0.5) is 0 Å². The van der Waals surface area contributed by atoms with Crippen molar-refractivity contribution in [3.63, 3.8) is 0 Å². The van der Waals surface area contributed by atoms with Gasteiger partial charge in [-0.15, -0.1) is 0 Å². The zero-order valence-electron chi connectivity index (χ0n) is 10.2. The van der Waals surface area contributed by atoms with Crippen molar-refractivity contribution in [2.24, 2.45) is 5.73 Å². The topological polar surface area (TPSA) is 101 Å². The minimum absolute atomic E-state index is 0.144. The van der Waals surface area contributed by atoms with E-state index in [1.165, 1.54) is 19.1 Å². The summed E-state index contributed by atoms with van der Waals surface area (Å²) in [6, 6.07) is 6.22. The van der Waals surface area contributed by atoms with E-state index in [9.17, 15) is 14.4 Å². The van der Waals surface area contributed by atoms with E-state index >= 15 is 0 Å². The Bertz CT molecular complexity index is 485. The number of rotatable bonds is 4. The van der Waals surface area contributed by atoms with Crippen LogP contribution in [0.25, 0.3) is 0 Å². The Labute approximate surface area is 105 Å². The van der Waals surface area contributed by atoms with Gasteiger partial charge in [0.05, 0.1) is 17.3 Å². The molecule has 0 aromatic heterocycles. The van der Waals surface area contributed by atoms with Gasteiger partial charge in [0.15, 0.2) is 0 Å². The van der Waals surface area contributed by atoms with Crippen molar-refractivity contribution in [1.82, 2.24) is 10.6 Å². The first-order chi connectivity index (χ1) is 8.41. The van der Waals surface area contributed by atoms with E-state index in [0.717, 1.165) is 0 Å². The molecule has 0 aliphatic rings. The fourth-order valence-corrected chi connectivity index (χ4v) is 1.51. The lowest BCUT2D eigenvalue weighted by Gasteiger charge is -2.15. The van der Waals surface area contributed by atoms with Crippen LogP contribution in [0.3, 0.4) is 0 Å². The molecule has 4 N–H and O–H groups in total. The van der Waals surface area contributed by atoms with E-state index in [4.69, 9.17) is 5.73 Å². The second kappa shape index (κ2) is 5.81. The summed E-state index contributed by atoms with van der Waals surface area (Å²) < 4.78 is 0. The molecule has 0 radical (unpaired) electrons. The number of carbonyl (C=O) groups is 3. The smallest absolute Gasteiger partial charge is 0.253 e. The molecule has 0 heterocycles. The lowest BCUT2D eigenvalue weighted by atomic mass is 10.1. The van der Waals surface area contributed by atoms with Gasteiger partial charge in [-0.1, -0.05) is 12.1 Å². The molecular weight excluding hydrogens is 234 g/mol. The molecule has 6 heteroatoms. The maximum Gasteiger partial charge on any atom is 0.253 e. The van der Waals surface area contributed by atoms with Crippen molar-refractivity contribution >= 4 is 17.7 Å². The summed E-state index contributed by atoms with van der Waals surface area (Å²) in [5.41, 5.74) is 5.50. The molecule has 0 aliphatic carbocycles. The van der Waals surface area contributed by atoms with Crippen LogP contribution in [-0.4, -0.2) is 23.9 Å². The lowest BCUT2D eigenvalue weighted by molar-refractivity contribution is -0.119. The number of hydrogen-bond acceptors (Lipinski definition) is 3. The summed E-state index contributed by atoms with van der Waals surface area (Å²) in [5.74, 6) is -1.40. The number of primary amides is 1. The molecule has 0 bridgehead atoms. The van der Waals surface area contributed by atoms with Crippen LogP contribution in [0.2, 0.25) is 0 Å². The molecule has 1 rings (SSSR count). The Hall–Kier alpha value is -2.37. The molecule has 18 heavy (non-hydrogen) atoms. The van der Waals surface area contributed by atoms with E-state index in [-0.39, 0.29) is 17.0 Å². The first kappa shape index (κ1) is 13.7. The van der Waals surface area contributed by atoms with Gasteiger partial charge in [-0.2, -0.15) is 0 Å². The fourth-order valence-electron chi connectivity index (χ4n) is 1.51. The maximum absolute atomic E-state index is 11.9. The Morgan fingerprint density at radius 3 is 2.17 bits per heavy atom. The van der Waals surface area contributed by atoms with Crippen LogP contribution in [0, 0.1) is 0 Å². The summed E-state index contributed by atoms with van der Waals surface area (Å²) >= 11 is 0. The van der Waals surface area contributed by atoms with Crippen molar-refractivity contribution in [3.05, 3.63) is 35.4 Å². The van der Waals surface area contributed by atoms with Gasteiger partial charge in [0.25, 0.3) is 5.91 Å². The Kier molecular flexibility index (Phi) is 4.42. The fraction of sp³-hybridized carbons (Fsp3) is 0.250. The van der Waals surface area contributed by atoms with Gasteiger partial charge in [0.2, 0.25) is 11.8 Å². The average molecular weight is 249 g/mol. The van der Waals surface area contributed by atoms with Gasteiger partial charge >= 0.3 is 0 Å². The van der Waals surface area contributed by atoms with Crippen molar-refractivity contribution in [2.75, 3.05) is 0 Å². The van der Waals surface area contributed by atoms with Gasteiger partial charge < -0.3 is 16.4 Å².